The maximum atomic E-state index is 13.2. The molecule has 5 aliphatic carbocycles. The van der Waals surface area contributed by atoms with Gasteiger partial charge < -0.3 is 4.98 Å². The van der Waals surface area contributed by atoms with Gasteiger partial charge in [0.05, 0.1) is 23.0 Å². The number of hydrogen-bond acceptors (Lipinski definition) is 3. The Kier molecular flexibility index (Phi) is 3.49. The monoisotopic (exact) mass is 410 g/mol. The molecule has 156 valence electrons. The Morgan fingerprint density at radius 1 is 1.03 bits per heavy atom. The minimum absolute atomic E-state index is 0.0639. The fourth-order valence-electron chi connectivity index (χ4n) is 7.52. The van der Waals surface area contributed by atoms with Crippen LogP contribution in [0.15, 0.2) is 35.1 Å². The van der Waals surface area contributed by atoms with E-state index in [1.807, 2.05) is 24.3 Å². The van der Waals surface area contributed by atoms with E-state index in [9.17, 15) is 4.79 Å². The lowest BCUT2D eigenvalue weighted by molar-refractivity contribution is -0.00500. The molecule has 0 amide bonds. The second-order valence-corrected chi connectivity index (χ2v) is 10.7. The van der Waals surface area contributed by atoms with Crippen LogP contribution in [-0.2, 0) is 5.41 Å². The molecular formula is C26H26N4O. The van der Waals surface area contributed by atoms with Crippen molar-refractivity contribution < 1.29 is 0 Å². The van der Waals surface area contributed by atoms with E-state index in [0.717, 1.165) is 34.7 Å². The molecule has 5 nitrogen and oxygen atoms in total. The van der Waals surface area contributed by atoms with Crippen LogP contribution < -0.4 is 5.56 Å². The first kappa shape index (κ1) is 17.8. The molecule has 31 heavy (non-hydrogen) atoms. The highest BCUT2D eigenvalue weighted by Gasteiger charge is 2.54. The Morgan fingerprint density at radius 3 is 2.26 bits per heavy atom. The first-order chi connectivity index (χ1) is 15.1. The van der Waals surface area contributed by atoms with Crippen molar-refractivity contribution >= 4 is 5.65 Å². The van der Waals surface area contributed by atoms with Crippen LogP contribution in [0.2, 0.25) is 0 Å². The van der Waals surface area contributed by atoms with Crippen molar-refractivity contribution in [2.24, 2.45) is 17.8 Å². The highest BCUT2D eigenvalue weighted by atomic mass is 16.1. The zero-order valence-corrected chi connectivity index (χ0v) is 17.6. The van der Waals surface area contributed by atoms with Gasteiger partial charge in [-0.3, -0.25) is 4.79 Å². The molecule has 0 unspecified atom stereocenters. The van der Waals surface area contributed by atoms with Gasteiger partial charge in [-0.15, -0.1) is 0 Å². The quantitative estimate of drug-likeness (QED) is 0.667. The molecule has 0 aliphatic heterocycles. The van der Waals surface area contributed by atoms with Crippen LogP contribution >= 0.6 is 0 Å². The third kappa shape index (κ3) is 2.60. The lowest BCUT2D eigenvalue weighted by Crippen LogP contribution is -2.49. The predicted molar refractivity (Wildman–Crippen MR) is 118 cm³/mol. The first-order valence-electron chi connectivity index (χ1n) is 11.8. The summed E-state index contributed by atoms with van der Waals surface area (Å²) in [5, 5.41) is 14.0. The number of rotatable bonds is 3. The summed E-state index contributed by atoms with van der Waals surface area (Å²) in [6, 6.07) is 11.3. The average molecular weight is 411 g/mol. The third-order valence-electron chi connectivity index (χ3n) is 8.50. The second kappa shape index (κ2) is 6.09. The Morgan fingerprint density at radius 2 is 1.68 bits per heavy atom. The third-order valence-corrected chi connectivity index (χ3v) is 8.50. The Hall–Kier alpha value is -2.87. The van der Waals surface area contributed by atoms with Gasteiger partial charge in [0.1, 0.15) is 5.65 Å². The normalized spacial score (nSPS) is 31.3. The van der Waals surface area contributed by atoms with E-state index in [0.29, 0.717) is 11.5 Å². The SMILES string of the molecule is N#Cc1ccc(-c2cc(=O)n3nc(C4CC4)c(C45CC6CC(CC(C6)C4)C5)c3[nH]2)cc1. The van der Waals surface area contributed by atoms with Gasteiger partial charge in [0, 0.05) is 23.0 Å². The number of benzene rings is 1. The highest BCUT2D eigenvalue weighted by molar-refractivity contribution is 5.66. The summed E-state index contributed by atoms with van der Waals surface area (Å²) in [7, 11) is 0. The van der Waals surface area contributed by atoms with Gasteiger partial charge >= 0.3 is 0 Å². The van der Waals surface area contributed by atoms with Crippen molar-refractivity contribution in [3.8, 4) is 17.3 Å². The minimum Gasteiger partial charge on any atom is -0.339 e. The molecule has 4 bridgehead atoms. The van der Waals surface area contributed by atoms with Crippen LogP contribution in [0.25, 0.3) is 16.9 Å². The van der Waals surface area contributed by atoms with Crippen molar-refractivity contribution in [1.82, 2.24) is 14.6 Å². The van der Waals surface area contributed by atoms with Crippen LogP contribution in [0.4, 0.5) is 0 Å². The number of nitrogens with one attached hydrogen (secondary N) is 1. The molecule has 5 aliphatic rings. The van der Waals surface area contributed by atoms with Crippen molar-refractivity contribution in [2.45, 2.75) is 62.7 Å². The Labute approximate surface area is 181 Å². The molecule has 5 heteroatoms. The lowest BCUT2D eigenvalue weighted by Gasteiger charge is -2.57. The molecule has 2 heterocycles. The number of aromatic nitrogens is 3. The smallest absolute Gasteiger partial charge is 0.274 e. The van der Waals surface area contributed by atoms with Crippen LogP contribution in [0.3, 0.4) is 0 Å². The van der Waals surface area contributed by atoms with Gasteiger partial charge in [-0.1, -0.05) is 12.1 Å². The van der Waals surface area contributed by atoms with E-state index in [-0.39, 0.29) is 11.0 Å². The van der Waals surface area contributed by atoms with Gasteiger partial charge in [-0.2, -0.15) is 14.9 Å². The molecule has 1 aromatic carbocycles. The van der Waals surface area contributed by atoms with Crippen LogP contribution in [0, 0.1) is 29.1 Å². The topological polar surface area (TPSA) is 73.9 Å². The summed E-state index contributed by atoms with van der Waals surface area (Å²) in [6.45, 7) is 0. The molecule has 1 N–H and O–H groups in total. The van der Waals surface area contributed by atoms with E-state index >= 15 is 0 Å². The zero-order valence-electron chi connectivity index (χ0n) is 17.6. The molecule has 0 spiro atoms. The first-order valence-corrected chi connectivity index (χ1v) is 11.8. The van der Waals surface area contributed by atoms with Gasteiger partial charge in [-0.25, -0.2) is 0 Å². The van der Waals surface area contributed by atoms with Gasteiger partial charge in [0.15, 0.2) is 0 Å². The molecule has 0 atom stereocenters. The van der Waals surface area contributed by atoms with Gasteiger partial charge in [-0.05, 0) is 86.8 Å². The van der Waals surface area contributed by atoms with Crippen molar-refractivity contribution in [3.63, 3.8) is 0 Å². The molecular weight excluding hydrogens is 384 g/mol. The zero-order chi connectivity index (χ0) is 20.7. The number of nitrogens with zero attached hydrogens (tertiary/aromatic N) is 3. The van der Waals surface area contributed by atoms with E-state index in [1.54, 1.807) is 10.6 Å². The molecule has 5 fully saturated rings. The van der Waals surface area contributed by atoms with E-state index in [1.165, 1.54) is 62.6 Å². The summed E-state index contributed by atoms with van der Waals surface area (Å²) in [5.74, 6) is 3.07. The number of fused-ring (bicyclic) bond motifs is 1. The maximum Gasteiger partial charge on any atom is 0.274 e. The summed E-state index contributed by atoms with van der Waals surface area (Å²) in [6.07, 6.45) is 10.4. The van der Waals surface area contributed by atoms with Crippen molar-refractivity contribution in [3.05, 3.63) is 57.5 Å². The summed E-state index contributed by atoms with van der Waals surface area (Å²) in [5.41, 5.74) is 6.01. The fraction of sp³-hybridized carbons (Fsp3) is 0.500. The van der Waals surface area contributed by atoms with E-state index in [4.69, 9.17) is 10.4 Å². The Bertz CT molecular complexity index is 1270. The second-order valence-electron chi connectivity index (χ2n) is 10.7. The predicted octanol–water partition coefficient (Wildman–Crippen LogP) is 4.91. The standard InChI is InChI=1S/C26H26N4O/c27-14-15-1-3-19(4-2-15)21-10-22(31)30-25(28-21)23(24(29-30)20-5-6-20)26-11-16-7-17(12-26)9-18(8-16)13-26/h1-4,10,16-18,20,28H,5-9,11-13H2. The summed E-state index contributed by atoms with van der Waals surface area (Å²) >= 11 is 0. The Balaban J connectivity index is 1.45. The molecule has 0 radical (unpaired) electrons. The lowest BCUT2D eigenvalue weighted by atomic mass is 9.48. The summed E-state index contributed by atoms with van der Waals surface area (Å²) < 4.78 is 1.65. The van der Waals surface area contributed by atoms with Crippen LogP contribution in [-0.4, -0.2) is 14.6 Å². The average Bonchev–Trinajstić information content (AvgIpc) is 3.52. The molecule has 2 aromatic heterocycles. The maximum absolute atomic E-state index is 13.2. The number of H-pyrrole nitrogens is 1. The van der Waals surface area contributed by atoms with Crippen molar-refractivity contribution in [1.29, 1.82) is 5.26 Å². The summed E-state index contributed by atoms with van der Waals surface area (Å²) in [4.78, 5) is 16.8. The number of aromatic amines is 1. The van der Waals surface area contributed by atoms with Gasteiger partial charge in [0.25, 0.3) is 5.56 Å². The molecule has 0 saturated heterocycles. The minimum atomic E-state index is -0.0639. The molecule has 3 aromatic rings. The molecule has 8 rings (SSSR count). The fourth-order valence-corrected chi connectivity index (χ4v) is 7.52. The van der Waals surface area contributed by atoms with Crippen LogP contribution in [0.5, 0.6) is 0 Å². The van der Waals surface area contributed by atoms with Gasteiger partial charge in [0.2, 0.25) is 0 Å². The number of hydrogen-bond donors (Lipinski definition) is 1. The highest BCUT2D eigenvalue weighted by Crippen LogP contribution is 2.62. The van der Waals surface area contributed by atoms with Crippen LogP contribution in [0.1, 0.15) is 74.1 Å². The largest absolute Gasteiger partial charge is 0.339 e. The van der Waals surface area contributed by atoms with E-state index < -0.39 is 0 Å². The van der Waals surface area contributed by atoms with E-state index in [2.05, 4.69) is 11.1 Å². The number of nitriles is 1. The van der Waals surface area contributed by atoms with Crippen molar-refractivity contribution in [2.75, 3.05) is 0 Å². The molecule has 5 saturated carbocycles.